The maximum Gasteiger partial charge on any atom is 0.261 e. The molecule has 0 aliphatic carbocycles. The standard InChI is InChI=1S/C15H15N5O5S3/c1-26-15(18-9-16)19-13-8-12(5-6-14(13)21)28(24,25)20-10-3-2-4-11(7-10)27(17,22)23/h2-8,20-21H,1H3,(H,18,19)(H2,17,22,23). The molecular formula is C15H15N5O5S3. The van der Waals surface area contributed by atoms with E-state index < -0.39 is 20.0 Å². The average Bonchev–Trinajstić information content (AvgIpc) is 2.62. The number of aromatic hydroxyl groups is 1. The minimum absolute atomic E-state index is 0.0133. The molecule has 2 aromatic carbocycles. The monoisotopic (exact) mass is 441 g/mol. The molecule has 0 unspecified atom stereocenters. The fraction of sp³-hybridized carbons (Fsp3) is 0.0667. The van der Waals surface area contributed by atoms with Crippen molar-refractivity contribution in [1.29, 1.82) is 5.26 Å². The lowest BCUT2D eigenvalue weighted by atomic mass is 10.3. The molecule has 0 saturated heterocycles. The molecule has 0 aliphatic heterocycles. The molecular weight excluding hydrogens is 426 g/mol. The van der Waals surface area contributed by atoms with Gasteiger partial charge in [0.2, 0.25) is 10.0 Å². The van der Waals surface area contributed by atoms with Crippen LogP contribution in [0.4, 0.5) is 11.4 Å². The van der Waals surface area contributed by atoms with Gasteiger partial charge in [0.15, 0.2) is 11.4 Å². The number of primary sulfonamides is 1. The molecule has 148 valence electrons. The number of amidine groups is 1. The number of thioether (sulfide) groups is 1. The topological polar surface area (TPSA) is 175 Å². The molecule has 0 atom stereocenters. The number of nitrogens with two attached hydrogens (primary N) is 1. The Morgan fingerprint density at radius 3 is 2.50 bits per heavy atom. The number of sulfonamides is 2. The summed E-state index contributed by atoms with van der Waals surface area (Å²) in [4.78, 5) is 3.51. The number of hydrogen-bond donors (Lipinski definition) is 4. The summed E-state index contributed by atoms with van der Waals surface area (Å²) >= 11 is 1.09. The van der Waals surface area contributed by atoms with Crippen molar-refractivity contribution < 1.29 is 21.9 Å². The second-order valence-electron chi connectivity index (χ2n) is 5.19. The summed E-state index contributed by atoms with van der Waals surface area (Å²) in [6.07, 6.45) is 3.32. The smallest absolute Gasteiger partial charge is 0.261 e. The van der Waals surface area contributed by atoms with Gasteiger partial charge in [-0.3, -0.25) is 10.0 Å². The molecule has 0 spiro atoms. The van der Waals surface area contributed by atoms with Crippen LogP contribution in [0.1, 0.15) is 0 Å². The SMILES string of the molecule is CSC(=Nc1cc(S(=O)(=O)Nc2cccc(S(N)(=O)=O)c2)ccc1O)NC#N. The van der Waals surface area contributed by atoms with Gasteiger partial charge in [-0.25, -0.2) is 27.0 Å². The van der Waals surface area contributed by atoms with Gasteiger partial charge in [0.1, 0.15) is 11.4 Å². The van der Waals surface area contributed by atoms with E-state index in [1.165, 1.54) is 18.2 Å². The van der Waals surface area contributed by atoms with Crippen molar-refractivity contribution in [3.05, 3.63) is 42.5 Å². The number of phenols is 1. The summed E-state index contributed by atoms with van der Waals surface area (Å²) in [5.74, 6) is -0.290. The van der Waals surface area contributed by atoms with Crippen molar-refractivity contribution in [3.8, 4) is 11.9 Å². The van der Waals surface area contributed by atoms with E-state index in [2.05, 4.69) is 15.0 Å². The number of nitrogens with one attached hydrogen (secondary N) is 2. The van der Waals surface area contributed by atoms with Crippen LogP contribution >= 0.6 is 11.8 Å². The van der Waals surface area contributed by atoms with Gasteiger partial charge < -0.3 is 5.11 Å². The first-order chi connectivity index (χ1) is 13.1. The van der Waals surface area contributed by atoms with Gasteiger partial charge >= 0.3 is 0 Å². The summed E-state index contributed by atoms with van der Waals surface area (Å²) in [5.41, 5.74) is -0.0890. The molecule has 0 aromatic heterocycles. The van der Waals surface area contributed by atoms with E-state index in [1.54, 1.807) is 12.4 Å². The number of anilines is 1. The first-order valence-corrected chi connectivity index (χ1v) is 11.6. The average molecular weight is 442 g/mol. The second kappa shape index (κ2) is 8.48. The normalized spacial score (nSPS) is 12.2. The summed E-state index contributed by atoms with van der Waals surface area (Å²) in [6.45, 7) is 0. The zero-order chi connectivity index (χ0) is 20.9. The molecule has 0 radical (unpaired) electrons. The van der Waals surface area contributed by atoms with Gasteiger partial charge in [0.05, 0.1) is 15.5 Å². The molecule has 10 nitrogen and oxygen atoms in total. The third-order valence-corrected chi connectivity index (χ3v) is 6.12. The molecule has 0 fully saturated rings. The maximum absolute atomic E-state index is 12.6. The van der Waals surface area contributed by atoms with Crippen molar-refractivity contribution in [2.45, 2.75) is 9.79 Å². The Morgan fingerprint density at radius 2 is 1.89 bits per heavy atom. The fourth-order valence-electron chi connectivity index (χ4n) is 1.99. The summed E-state index contributed by atoms with van der Waals surface area (Å²) in [7, 11) is -8.13. The lowest BCUT2D eigenvalue weighted by Crippen LogP contribution is -2.15. The summed E-state index contributed by atoms with van der Waals surface area (Å²) in [5, 5.41) is 26.1. The number of aliphatic imine (C=N–C) groups is 1. The Morgan fingerprint density at radius 1 is 1.18 bits per heavy atom. The van der Waals surface area contributed by atoms with E-state index in [0.717, 1.165) is 36.0 Å². The highest BCUT2D eigenvalue weighted by molar-refractivity contribution is 8.13. The van der Waals surface area contributed by atoms with Crippen LogP contribution in [-0.2, 0) is 20.0 Å². The zero-order valence-corrected chi connectivity index (χ0v) is 16.8. The third-order valence-electron chi connectivity index (χ3n) is 3.25. The van der Waals surface area contributed by atoms with Crippen LogP contribution in [0.2, 0.25) is 0 Å². The number of nitrogens with zero attached hydrogens (tertiary/aromatic N) is 2. The predicted molar refractivity (Wildman–Crippen MR) is 106 cm³/mol. The summed E-state index contributed by atoms with van der Waals surface area (Å²) in [6, 6.07) is 8.39. The van der Waals surface area contributed by atoms with Crippen LogP contribution in [0.15, 0.2) is 57.2 Å². The van der Waals surface area contributed by atoms with Crippen LogP contribution in [0, 0.1) is 11.5 Å². The lowest BCUT2D eigenvalue weighted by molar-refractivity contribution is 0.476. The van der Waals surface area contributed by atoms with E-state index in [9.17, 15) is 21.9 Å². The maximum atomic E-state index is 12.6. The Balaban J connectivity index is 2.42. The number of phenolic OH excluding ortho intramolecular Hbond substituents is 1. The highest BCUT2D eigenvalue weighted by atomic mass is 32.2. The van der Waals surface area contributed by atoms with Crippen LogP contribution in [-0.4, -0.2) is 33.4 Å². The van der Waals surface area contributed by atoms with E-state index >= 15 is 0 Å². The Kier molecular flexibility index (Phi) is 6.52. The first kappa shape index (κ1) is 21.5. The van der Waals surface area contributed by atoms with Gasteiger partial charge in [-0.2, -0.15) is 5.26 Å². The minimum Gasteiger partial charge on any atom is -0.506 e. The molecule has 5 N–H and O–H groups in total. The molecule has 0 amide bonds. The molecule has 0 saturated carbocycles. The van der Waals surface area contributed by atoms with Crippen LogP contribution < -0.4 is 15.2 Å². The Labute approximate surface area is 166 Å². The van der Waals surface area contributed by atoms with Crippen LogP contribution in [0.5, 0.6) is 5.75 Å². The van der Waals surface area contributed by atoms with Crippen molar-refractivity contribution in [2.24, 2.45) is 10.1 Å². The second-order valence-corrected chi connectivity index (χ2v) is 9.23. The van der Waals surface area contributed by atoms with Gasteiger partial charge in [-0.15, -0.1) is 0 Å². The zero-order valence-electron chi connectivity index (χ0n) is 14.3. The Hall–Kier alpha value is -2.79. The van der Waals surface area contributed by atoms with E-state index in [1.807, 2.05) is 0 Å². The molecule has 2 rings (SSSR count). The van der Waals surface area contributed by atoms with Crippen molar-refractivity contribution >= 4 is 48.4 Å². The fourth-order valence-corrected chi connectivity index (χ4v) is 3.96. The number of hydrogen-bond acceptors (Lipinski definition) is 8. The summed E-state index contributed by atoms with van der Waals surface area (Å²) < 4.78 is 50.3. The largest absolute Gasteiger partial charge is 0.506 e. The quantitative estimate of drug-likeness (QED) is 0.232. The molecule has 2 aromatic rings. The Bertz CT molecular complexity index is 1170. The van der Waals surface area contributed by atoms with Gasteiger partial charge in [0.25, 0.3) is 10.0 Å². The van der Waals surface area contributed by atoms with Gasteiger partial charge in [-0.1, -0.05) is 17.8 Å². The molecule has 28 heavy (non-hydrogen) atoms. The van der Waals surface area contributed by atoms with Crippen molar-refractivity contribution in [2.75, 3.05) is 11.0 Å². The minimum atomic E-state index is -4.13. The molecule has 0 bridgehead atoms. The number of nitriles is 1. The van der Waals surface area contributed by atoms with Gasteiger partial charge in [-0.05, 0) is 42.7 Å². The third kappa shape index (κ3) is 5.36. The first-order valence-electron chi connectivity index (χ1n) is 7.33. The predicted octanol–water partition coefficient (Wildman–Crippen LogP) is 1.26. The van der Waals surface area contributed by atoms with E-state index in [-0.39, 0.29) is 32.1 Å². The number of benzene rings is 2. The van der Waals surface area contributed by atoms with Crippen LogP contribution in [0.3, 0.4) is 0 Å². The van der Waals surface area contributed by atoms with E-state index in [4.69, 9.17) is 10.4 Å². The highest BCUT2D eigenvalue weighted by Crippen LogP contribution is 2.30. The highest BCUT2D eigenvalue weighted by Gasteiger charge is 2.18. The molecule has 0 heterocycles. The van der Waals surface area contributed by atoms with Crippen LogP contribution in [0.25, 0.3) is 0 Å². The molecule has 0 aliphatic rings. The number of rotatable bonds is 5. The van der Waals surface area contributed by atoms with Crippen molar-refractivity contribution in [1.82, 2.24) is 5.32 Å². The van der Waals surface area contributed by atoms with Gasteiger partial charge in [0, 0.05) is 0 Å². The molecule has 13 heteroatoms. The lowest BCUT2D eigenvalue weighted by Gasteiger charge is -2.10. The van der Waals surface area contributed by atoms with E-state index in [0.29, 0.717) is 0 Å². The van der Waals surface area contributed by atoms with Crippen molar-refractivity contribution in [3.63, 3.8) is 0 Å².